The molecule has 2 amide bonds. The van der Waals surface area contributed by atoms with E-state index in [0.29, 0.717) is 0 Å². The van der Waals surface area contributed by atoms with Gasteiger partial charge in [-0.3, -0.25) is 9.59 Å². The number of nitrogens with two attached hydrogens (primary N) is 2. The minimum atomic E-state index is -0.993. The molecule has 2 unspecified atom stereocenters. The molecule has 0 heterocycles. The summed E-state index contributed by atoms with van der Waals surface area (Å²) in [6.07, 6.45) is 0. The molecule has 17 heavy (non-hydrogen) atoms. The number of nitrogens with one attached hydrogen (secondary N) is 2. The van der Waals surface area contributed by atoms with Crippen LogP contribution in [-0.2, 0) is 9.59 Å². The Morgan fingerprint density at radius 3 is 2.12 bits per heavy atom. The average Bonchev–Trinajstić information content (AvgIpc) is 2.21. The zero-order valence-corrected chi connectivity index (χ0v) is 10.5. The van der Waals surface area contributed by atoms with Crippen molar-refractivity contribution < 1.29 is 14.7 Å². The molecule has 0 bridgehead atoms. The molecule has 0 radical (unpaired) electrons. The van der Waals surface area contributed by atoms with Gasteiger partial charge < -0.3 is 27.2 Å². The van der Waals surface area contributed by atoms with Crippen LogP contribution in [0.4, 0.5) is 0 Å². The first-order valence-electron chi connectivity index (χ1n) is 5.39. The Kier molecular flexibility index (Phi) is 6.08. The van der Waals surface area contributed by atoms with Crippen molar-refractivity contribution in [2.24, 2.45) is 11.5 Å². The summed E-state index contributed by atoms with van der Waals surface area (Å²) in [5.41, 5.74) is 10.5. The van der Waals surface area contributed by atoms with Gasteiger partial charge in [0, 0.05) is 12.1 Å². The van der Waals surface area contributed by atoms with E-state index in [2.05, 4.69) is 10.6 Å². The molecule has 0 spiro atoms. The molecule has 0 aromatic carbocycles. The van der Waals surface area contributed by atoms with Crippen molar-refractivity contribution in [2.75, 3.05) is 13.2 Å². The number of amides is 2. The van der Waals surface area contributed by atoms with Crippen molar-refractivity contribution in [1.82, 2.24) is 10.6 Å². The highest BCUT2D eigenvalue weighted by Gasteiger charge is 2.21. The predicted molar refractivity (Wildman–Crippen MR) is 63.9 cm³/mol. The van der Waals surface area contributed by atoms with Crippen LogP contribution in [0.3, 0.4) is 0 Å². The largest absolute Gasteiger partial charge is 0.394 e. The number of aliphatic hydroxyl groups excluding tert-OH is 1. The normalized spacial score (nSPS) is 14.9. The first-order chi connectivity index (χ1) is 7.67. The maximum atomic E-state index is 11.5. The molecule has 7 N–H and O–H groups in total. The van der Waals surface area contributed by atoms with Gasteiger partial charge in [-0.25, -0.2) is 0 Å². The third kappa shape index (κ3) is 6.88. The van der Waals surface area contributed by atoms with E-state index in [0.717, 1.165) is 0 Å². The van der Waals surface area contributed by atoms with Crippen LogP contribution in [-0.4, -0.2) is 47.7 Å². The molecule has 0 saturated carbocycles. The summed E-state index contributed by atoms with van der Waals surface area (Å²) in [7, 11) is 0. The third-order valence-corrected chi connectivity index (χ3v) is 1.86. The van der Waals surface area contributed by atoms with Gasteiger partial charge in [-0.1, -0.05) is 0 Å². The van der Waals surface area contributed by atoms with Crippen molar-refractivity contribution >= 4 is 11.8 Å². The van der Waals surface area contributed by atoms with Crippen LogP contribution in [0.15, 0.2) is 0 Å². The van der Waals surface area contributed by atoms with Crippen LogP contribution in [0.25, 0.3) is 0 Å². The first kappa shape index (κ1) is 15.8. The van der Waals surface area contributed by atoms with Crippen molar-refractivity contribution in [2.45, 2.75) is 38.4 Å². The lowest BCUT2D eigenvalue weighted by Gasteiger charge is -2.23. The lowest BCUT2D eigenvalue weighted by Crippen LogP contribution is -2.54. The second-order valence-corrected chi connectivity index (χ2v) is 4.88. The van der Waals surface area contributed by atoms with E-state index in [-0.39, 0.29) is 18.0 Å². The summed E-state index contributed by atoms with van der Waals surface area (Å²) in [6.45, 7) is 5.03. The van der Waals surface area contributed by atoms with E-state index >= 15 is 0 Å². The fraction of sp³-hybridized carbons (Fsp3) is 0.800. The number of rotatable bonds is 5. The molecule has 7 nitrogen and oxygen atoms in total. The van der Waals surface area contributed by atoms with Crippen molar-refractivity contribution in [1.29, 1.82) is 0 Å². The highest BCUT2D eigenvalue weighted by atomic mass is 16.3. The molecule has 0 aromatic heterocycles. The predicted octanol–water partition coefficient (Wildman–Crippen LogP) is -2.34. The number of aliphatic hydroxyl groups is 1. The zero-order valence-electron chi connectivity index (χ0n) is 10.5. The Bertz CT molecular complexity index is 275. The van der Waals surface area contributed by atoms with Crippen LogP contribution < -0.4 is 22.1 Å². The number of carbonyl (C=O) groups is 2. The molecule has 2 atom stereocenters. The van der Waals surface area contributed by atoms with Crippen molar-refractivity contribution in [3.8, 4) is 0 Å². The van der Waals surface area contributed by atoms with Gasteiger partial charge in [0.2, 0.25) is 11.8 Å². The minimum Gasteiger partial charge on any atom is -0.394 e. The van der Waals surface area contributed by atoms with E-state index in [1.807, 2.05) is 20.8 Å². The number of hydrogen-bond donors (Lipinski definition) is 5. The Morgan fingerprint density at radius 2 is 1.71 bits per heavy atom. The van der Waals surface area contributed by atoms with Gasteiger partial charge in [0.15, 0.2) is 0 Å². The SMILES string of the molecule is CC(C)(C)NC(=O)C(N)CNC(=O)C(N)CO. The van der Waals surface area contributed by atoms with Gasteiger partial charge >= 0.3 is 0 Å². The monoisotopic (exact) mass is 246 g/mol. The van der Waals surface area contributed by atoms with Crippen LogP contribution in [0.5, 0.6) is 0 Å². The van der Waals surface area contributed by atoms with Crippen LogP contribution in [0.2, 0.25) is 0 Å². The molecule has 0 aliphatic carbocycles. The summed E-state index contributed by atoms with van der Waals surface area (Å²) in [5.74, 6) is -0.887. The molecule has 0 aliphatic rings. The smallest absolute Gasteiger partial charge is 0.239 e. The fourth-order valence-electron chi connectivity index (χ4n) is 0.980. The average molecular weight is 246 g/mol. The summed E-state index contributed by atoms with van der Waals surface area (Å²) in [4.78, 5) is 22.7. The quantitative estimate of drug-likeness (QED) is 0.371. The van der Waals surface area contributed by atoms with E-state index < -0.39 is 24.6 Å². The summed E-state index contributed by atoms with van der Waals surface area (Å²) in [6, 6.07) is -1.84. The van der Waals surface area contributed by atoms with Gasteiger partial charge in [0.1, 0.15) is 12.1 Å². The lowest BCUT2D eigenvalue weighted by molar-refractivity contribution is -0.125. The highest BCUT2D eigenvalue weighted by molar-refractivity contribution is 5.85. The van der Waals surface area contributed by atoms with E-state index in [1.165, 1.54) is 0 Å². The fourth-order valence-corrected chi connectivity index (χ4v) is 0.980. The first-order valence-corrected chi connectivity index (χ1v) is 5.39. The van der Waals surface area contributed by atoms with Crippen LogP contribution in [0.1, 0.15) is 20.8 Å². The molecule has 0 rings (SSSR count). The van der Waals surface area contributed by atoms with Gasteiger partial charge in [-0.05, 0) is 20.8 Å². The number of hydrogen-bond acceptors (Lipinski definition) is 5. The molecule has 7 heteroatoms. The molecule has 0 fully saturated rings. The van der Waals surface area contributed by atoms with E-state index in [1.54, 1.807) is 0 Å². The summed E-state index contributed by atoms with van der Waals surface area (Å²) in [5, 5.41) is 13.7. The van der Waals surface area contributed by atoms with Crippen LogP contribution >= 0.6 is 0 Å². The van der Waals surface area contributed by atoms with Crippen molar-refractivity contribution in [3.05, 3.63) is 0 Å². The second-order valence-electron chi connectivity index (χ2n) is 4.88. The lowest BCUT2D eigenvalue weighted by atomic mass is 10.1. The van der Waals surface area contributed by atoms with Crippen LogP contribution in [0, 0.1) is 0 Å². The Labute approximate surface area is 101 Å². The Morgan fingerprint density at radius 1 is 1.18 bits per heavy atom. The third-order valence-electron chi connectivity index (χ3n) is 1.86. The van der Waals surface area contributed by atoms with E-state index in [9.17, 15) is 9.59 Å². The molecular weight excluding hydrogens is 224 g/mol. The number of carbonyl (C=O) groups excluding carboxylic acids is 2. The molecular formula is C10H22N4O3. The summed E-state index contributed by atoms with van der Waals surface area (Å²) >= 11 is 0. The van der Waals surface area contributed by atoms with Gasteiger partial charge in [0.25, 0.3) is 0 Å². The maximum absolute atomic E-state index is 11.5. The summed E-state index contributed by atoms with van der Waals surface area (Å²) < 4.78 is 0. The molecule has 0 saturated heterocycles. The standard InChI is InChI=1S/C10H22N4O3/c1-10(2,3)14-9(17)6(11)4-13-8(16)7(12)5-15/h6-7,15H,4-5,11-12H2,1-3H3,(H,13,16)(H,14,17). The molecule has 0 aromatic rings. The maximum Gasteiger partial charge on any atom is 0.239 e. The second kappa shape index (κ2) is 6.53. The van der Waals surface area contributed by atoms with Crippen molar-refractivity contribution in [3.63, 3.8) is 0 Å². The van der Waals surface area contributed by atoms with Gasteiger partial charge in [-0.2, -0.15) is 0 Å². The molecule has 0 aliphatic heterocycles. The molecule has 100 valence electrons. The zero-order chi connectivity index (χ0) is 13.6. The highest BCUT2D eigenvalue weighted by Crippen LogP contribution is 1.98. The van der Waals surface area contributed by atoms with Gasteiger partial charge in [0.05, 0.1) is 6.61 Å². The minimum absolute atomic E-state index is 0.0194. The van der Waals surface area contributed by atoms with Gasteiger partial charge in [-0.15, -0.1) is 0 Å². The van der Waals surface area contributed by atoms with E-state index in [4.69, 9.17) is 16.6 Å². The Hall–Kier alpha value is -1.18. The topological polar surface area (TPSA) is 130 Å². The Balaban J connectivity index is 4.06.